The normalized spacial score (nSPS) is 11.2. The third kappa shape index (κ3) is 5.04. The molecule has 4 aromatic rings. The first kappa shape index (κ1) is 22.1. The molecule has 0 bridgehead atoms. The number of fused-ring (bicyclic) bond motifs is 1. The topological polar surface area (TPSA) is 118 Å². The lowest BCUT2D eigenvalue weighted by Crippen LogP contribution is -2.20. The van der Waals surface area contributed by atoms with Crippen LogP contribution in [-0.2, 0) is 21.4 Å². The lowest BCUT2D eigenvalue weighted by atomic mass is 10.1. The summed E-state index contributed by atoms with van der Waals surface area (Å²) >= 11 is 0. The van der Waals surface area contributed by atoms with Gasteiger partial charge in [-0.2, -0.15) is 0 Å². The van der Waals surface area contributed by atoms with Crippen LogP contribution in [0.2, 0.25) is 0 Å². The Morgan fingerprint density at radius 2 is 1.55 bits per heavy atom. The van der Waals surface area contributed by atoms with E-state index in [0.29, 0.717) is 28.9 Å². The Morgan fingerprint density at radius 1 is 0.879 bits per heavy atom. The molecule has 9 heteroatoms. The molecule has 0 fully saturated rings. The molecule has 4 rings (SSSR count). The average Bonchev–Trinajstić information content (AvgIpc) is 2.79. The highest BCUT2D eigenvalue weighted by molar-refractivity contribution is 7.92. The molecule has 0 unspecified atom stereocenters. The van der Waals surface area contributed by atoms with Crippen LogP contribution in [0.1, 0.15) is 12.5 Å². The molecule has 1 amide bonds. The fourth-order valence-electron chi connectivity index (χ4n) is 3.33. The fraction of sp³-hybridized carbons (Fsp3) is 0.0833. The molecule has 3 aromatic carbocycles. The highest BCUT2D eigenvalue weighted by Gasteiger charge is 2.22. The number of sulfonamides is 1. The molecule has 168 valence electrons. The maximum Gasteiger partial charge on any atom is 0.363 e. The molecule has 0 saturated carbocycles. The van der Waals surface area contributed by atoms with E-state index in [2.05, 4.69) is 15.4 Å². The standard InChI is InChI=1S/C24H21N3O5S/c1-16(28)26-18-11-13-19(14-12-18)33(30,31)27-23-22(25-15-17-7-3-2-4-8-17)20-9-5-6-10-21(20)32-24(23)29/h2-14,25,27H,15H2,1H3,(H,26,28). The molecule has 0 aliphatic carbocycles. The van der Waals surface area contributed by atoms with Gasteiger partial charge in [0.1, 0.15) is 5.58 Å². The van der Waals surface area contributed by atoms with E-state index < -0.39 is 15.6 Å². The minimum absolute atomic E-state index is 0.0711. The van der Waals surface area contributed by atoms with Crippen LogP contribution in [0, 0.1) is 0 Å². The van der Waals surface area contributed by atoms with Crippen molar-refractivity contribution in [1.82, 2.24) is 0 Å². The monoisotopic (exact) mass is 463 g/mol. The van der Waals surface area contributed by atoms with Crippen LogP contribution in [0.4, 0.5) is 17.1 Å². The van der Waals surface area contributed by atoms with Crippen molar-refractivity contribution in [1.29, 1.82) is 0 Å². The van der Waals surface area contributed by atoms with E-state index in [1.54, 1.807) is 24.3 Å². The molecule has 8 nitrogen and oxygen atoms in total. The van der Waals surface area contributed by atoms with Crippen molar-refractivity contribution in [2.45, 2.75) is 18.4 Å². The minimum Gasteiger partial charge on any atom is -0.421 e. The van der Waals surface area contributed by atoms with Crippen molar-refractivity contribution in [3.63, 3.8) is 0 Å². The van der Waals surface area contributed by atoms with Crippen LogP contribution >= 0.6 is 0 Å². The number of anilines is 3. The maximum absolute atomic E-state index is 13.0. The smallest absolute Gasteiger partial charge is 0.363 e. The molecule has 0 radical (unpaired) electrons. The summed E-state index contributed by atoms with van der Waals surface area (Å²) in [5.74, 6) is -0.272. The first-order chi connectivity index (χ1) is 15.8. The van der Waals surface area contributed by atoms with Crippen molar-refractivity contribution in [3.8, 4) is 0 Å². The molecule has 0 aliphatic heterocycles. The zero-order valence-electron chi connectivity index (χ0n) is 17.7. The van der Waals surface area contributed by atoms with Crippen LogP contribution in [-0.4, -0.2) is 14.3 Å². The van der Waals surface area contributed by atoms with E-state index in [-0.39, 0.29) is 16.5 Å². The molecule has 0 aliphatic rings. The van der Waals surface area contributed by atoms with E-state index >= 15 is 0 Å². The maximum atomic E-state index is 13.0. The van der Waals surface area contributed by atoms with Gasteiger partial charge >= 0.3 is 5.63 Å². The highest BCUT2D eigenvalue weighted by Crippen LogP contribution is 2.30. The Kier molecular flexibility index (Phi) is 6.14. The molecule has 1 heterocycles. The summed E-state index contributed by atoms with van der Waals surface area (Å²) in [5, 5.41) is 6.32. The molecule has 0 atom stereocenters. The first-order valence-electron chi connectivity index (χ1n) is 10.1. The molecule has 0 saturated heterocycles. The largest absolute Gasteiger partial charge is 0.421 e. The Morgan fingerprint density at radius 3 is 2.24 bits per heavy atom. The van der Waals surface area contributed by atoms with Gasteiger partial charge in [0.15, 0.2) is 5.69 Å². The van der Waals surface area contributed by atoms with Crippen molar-refractivity contribution >= 4 is 44.0 Å². The third-order valence-corrected chi connectivity index (χ3v) is 6.21. The molecule has 1 aromatic heterocycles. The van der Waals surface area contributed by atoms with Crippen LogP contribution < -0.4 is 21.0 Å². The lowest BCUT2D eigenvalue weighted by Gasteiger charge is -2.15. The van der Waals surface area contributed by atoms with E-state index in [4.69, 9.17) is 4.42 Å². The quantitative estimate of drug-likeness (QED) is 0.354. The summed E-state index contributed by atoms with van der Waals surface area (Å²) in [4.78, 5) is 23.9. The number of carbonyl (C=O) groups is 1. The van der Waals surface area contributed by atoms with Crippen molar-refractivity contribution in [3.05, 3.63) is 94.8 Å². The second kappa shape index (κ2) is 9.17. The van der Waals surface area contributed by atoms with Gasteiger partial charge in [-0.05, 0) is 42.0 Å². The number of amides is 1. The second-order valence-electron chi connectivity index (χ2n) is 7.29. The molecule has 3 N–H and O–H groups in total. The minimum atomic E-state index is -4.12. The summed E-state index contributed by atoms with van der Waals surface area (Å²) in [6, 6.07) is 22.0. The zero-order chi connectivity index (χ0) is 23.4. The Hall–Kier alpha value is -4.11. The van der Waals surface area contributed by atoms with E-state index in [0.717, 1.165) is 5.56 Å². The van der Waals surface area contributed by atoms with E-state index in [1.807, 2.05) is 30.3 Å². The van der Waals surface area contributed by atoms with Gasteiger partial charge in [0.25, 0.3) is 10.0 Å². The number of carbonyl (C=O) groups excluding carboxylic acids is 1. The Bertz CT molecular complexity index is 1460. The predicted molar refractivity (Wildman–Crippen MR) is 128 cm³/mol. The summed E-state index contributed by atoms with van der Waals surface area (Å²) in [6.45, 7) is 1.73. The number of hydrogen-bond acceptors (Lipinski definition) is 6. The predicted octanol–water partition coefficient (Wildman–Crippen LogP) is 4.16. The zero-order valence-corrected chi connectivity index (χ0v) is 18.5. The summed E-state index contributed by atoms with van der Waals surface area (Å²) in [5.41, 5.74) is 1.04. The van der Waals surface area contributed by atoms with Gasteiger partial charge < -0.3 is 15.1 Å². The third-order valence-electron chi connectivity index (χ3n) is 4.85. The van der Waals surface area contributed by atoms with Crippen LogP contribution in [0.3, 0.4) is 0 Å². The second-order valence-corrected chi connectivity index (χ2v) is 8.97. The molecular weight excluding hydrogens is 442 g/mol. The number of rotatable bonds is 7. The van der Waals surface area contributed by atoms with Gasteiger partial charge in [-0.25, -0.2) is 13.2 Å². The molecule has 33 heavy (non-hydrogen) atoms. The number of benzene rings is 3. The average molecular weight is 464 g/mol. The Balaban J connectivity index is 1.72. The molecule has 0 spiro atoms. The number of hydrogen-bond donors (Lipinski definition) is 3. The van der Waals surface area contributed by atoms with Crippen LogP contribution in [0.5, 0.6) is 0 Å². The van der Waals surface area contributed by atoms with Gasteiger partial charge in [0.2, 0.25) is 5.91 Å². The van der Waals surface area contributed by atoms with E-state index in [1.165, 1.54) is 31.2 Å². The molecular formula is C24H21N3O5S. The summed E-state index contributed by atoms with van der Waals surface area (Å²) in [7, 11) is -4.12. The summed E-state index contributed by atoms with van der Waals surface area (Å²) in [6.07, 6.45) is 0. The highest BCUT2D eigenvalue weighted by atomic mass is 32.2. The van der Waals surface area contributed by atoms with E-state index in [9.17, 15) is 18.0 Å². The van der Waals surface area contributed by atoms with Crippen molar-refractivity contribution < 1.29 is 17.6 Å². The van der Waals surface area contributed by atoms with Crippen molar-refractivity contribution in [2.75, 3.05) is 15.4 Å². The van der Waals surface area contributed by atoms with Crippen molar-refractivity contribution in [2.24, 2.45) is 0 Å². The lowest BCUT2D eigenvalue weighted by molar-refractivity contribution is -0.114. The Labute approximate surface area is 190 Å². The van der Waals surface area contributed by atoms with Gasteiger partial charge in [0, 0.05) is 24.5 Å². The summed E-state index contributed by atoms with van der Waals surface area (Å²) < 4.78 is 33.8. The number of nitrogens with one attached hydrogen (secondary N) is 3. The van der Waals surface area contributed by atoms with Crippen LogP contribution in [0.15, 0.2) is 93.0 Å². The van der Waals surface area contributed by atoms with Gasteiger partial charge in [-0.1, -0.05) is 42.5 Å². The van der Waals surface area contributed by atoms with Crippen LogP contribution in [0.25, 0.3) is 11.0 Å². The fourth-order valence-corrected chi connectivity index (χ4v) is 4.39. The first-order valence-corrected chi connectivity index (χ1v) is 11.6. The van der Waals surface area contributed by atoms with Gasteiger partial charge in [-0.3, -0.25) is 9.52 Å². The SMILES string of the molecule is CC(=O)Nc1ccc(S(=O)(=O)Nc2c(NCc3ccccc3)c3ccccc3oc2=O)cc1. The number of para-hydroxylation sites is 1. The van der Waals surface area contributed by atoms with Gasteiger partial charge in [-0.15, -0.1) is 0 Å². The van der Waals surface area contributed by atoms with Gasteiger partial charge in [0.05, 0.1) is 10.6 Å².